The average Bonchev–Trinajstić information content (AvgIpc) is 2.57. The van der Waals surface area contributed by atoms with Crippen LogP contribution in [0.25, 0.3) is 0 Å². The molecule has 1 saturated heterocycles. The highest BCUT2D eigenvalue weighted by molar-refractivity contribution is 5.94. The van der Waals surface area contributed by atoms with Crippen molar-refractivity contribution < 1.29 is 13.6 Å². The molecule has 1 heterocycles. The first kappa shape index (κ1) is 16.6. The largest absolute Gasteiger partial charge is 0.336 e. The quantitative estimate of drug-likeness (QED) is 0.863. The van der Waals surface area contributed by atoms with Crippen LogP contribution in [0.2, 0.25) is 0 Å². The van der Waals surface area contributed by atoms with E-state index >= 15 is 0 Å². The zero-order valence-electron chi connectivity index (χ0n) is 13.6. The van der Waals surface area contributed by atoms with Crippen molar-refractivity contribution in [2.45, 2.75) is 13.5 Å². The maximum atomic E-state index is 13.3. The standard InChI is InChI=1S/C19H20F2N2O/c1-14-3-2-4-15(11-14)13-22-7-9-23(10-8-22)19(24)16-5-6-17(20)18(21)12-16/h2-6,11-12H,7-10,13H2,1H3. The van der Waals surface area contributed by atoms with Crippen LogP contribution in [0.4, 0.5) is 8.78 Å². The molecule has 5 heteroatoms. The van der Waals surface area contributed by atoms with Gasteiger partial charge in [-0.05, 0) is 30.7 Å². The molecule has 1 amide bonds. The number of carbonyl (C=O) groups excluding carboxylic acids is 1. The summed E-state index contributed by atoms with van der Waals surface area (Å²) in [6.07, 6.45) is 0. The summed E-state index contributed by atoms with van der Waals surface area (Å²) in [5.41, 5.74) is 2.69. The highest BCUT2D eigenvalue weighted by Crippen LogP contribution is 2.14. The van der Waals surface area contributed by atoms with Gasteiger partial charge in [0, 0.05) is 38.3 Å². The zero-order chi connectivity index (χ0) is 17.1. The van der Waals surface area contributed by atoms with Crippen LogP contribution in [0, 0.1) is 18.6 Å². The molecule has 0 radical (unpaired) electrons. The molecule has 24 heavy (non-hydrogen) atoms. The summed E-state index contributed by atoms with van der Waals surface area (Å²) in [5, 5.41) is 0. The van der Waals surface area contributed by atoms with Gasteiger partial charge in [-0.3, -0.25) is 9.69 Å². The molecule has 0 aliphatic carbocycles. The summed E-state index contributed by atoms with van der Waals surface area (Å²) in [6, 6.07) is 11.7. The molecule has 2 aromatic carbocycles. The van der Waals surface area contributed by atoms with Crippen molar-refractivity contribution in [1.82, 2.24) is 9.80 Å². The van der Waals surface area contributed by atoms with Crippen LogP contribution in [0.3, 0.4) is 0 Å². The molecule has 0 atom stereocenters. The van der Waals surface area contributed by atoms with Gasteiger partial charge in [-0.1, -0.05) is 29.8 Å². The fourth-order valence-electron chi connectivity index (χ4n) is 2.99. The van der Waals surface area contributed by atoms with Crippen molar-refractivity contribution >= 4 is 5.91 Å². The molecule has 0 N–H and O–H groups in total. The van der Waals surface area contributed by atoms with Gasteiger partial charge in [-0.2, -0.15) is 0 Å². The Morgan fingerprint density at radius 1 is 1.00 bits per heavy atom. The number of carbonyl (C=O) groups is 1. The lowest BCUT2D eigenvalue weighted by Gasteiger charge is -2.34. The Labute approximate surface area is 140 Å². The molecule has 126 valence electrons. The van der Waals surface area contributed by atoms with Crippen molar-refractivity contribution in [3.05, 3.63) is 70.8 Å². The molecular weight excluding hydrogens is 310 g/mol. The minimum Gasteiger partial charge on any atom is -0.336 e. The van der Waals surface area contributed by atoms with Crippen molar-refractivity contribution in [1.29, 1.82) is 0 Å². The Morgan fingerprint density at radius 3 is 2.42 bits per heavy atom. The number of benzene rings is 2. The second-order valence-corrected chi connectivity index (χ2v) is 6.19. The summed E-state index contributed by atoms with van der Waals surface area (Å²) >= 11 is 0. The molecule has 0 spiro atoms. The first-order valence-corrected chi connectivity index (χ1v) is 8.05. The minimum absolute atomic E-state index is 0.195. The Bertz CT molecular complexity index is 740. The van der Waals surface area contributed by atoms with Crippen LogP contribution in [0.5, 0.6) is 0 Å². The molecule has 1 aliphatic heterocycles. The van der Waals surface area contributed by atoms with Crippen LogP contribution in [0.15, 0.2) is 42.5 Å². The van der Waals surface area contributed by atoms with Gasteiger partial charge in [-0.15, -0.1) is 0 Å². The van der Waals surface area contributed by atoms with Gasteiger partial charge in [0.25, 0.3) is 5.91 Å². The second-order valence-electron chi connectivity index (χ2n) is 6.19. The van der Waals surface area contributed by atoms with Crippen molar-refractivity contribution in [3.63, 3.8) is 0 Å². The van der Waals surface area contributed by atoms with Crippen molar-refractivity contribution in [3.8, 4) is 0 Å². The van der Waals surface area contributed by atoms with Gasteiger partial charge in [0.2, 0.25) is 0 Å². The Balaban J connectivity index is 1.58. The fourth-order valence-corrected chi connectivity index (χ4v) is 2.99. The van der Waals surface area contributed by atoms with E-state index in [-0.39, 0.29) is 11.5 Å². The Hall–Kier alpha value is -2.27. The third-order valence-electron chi connectivity index (χ3n) is 4.31. The van der Waals surface area contributed by atoms with Crippen LogP contribution in [-0.2, 0) is 6.54 Å². The van der Waals surface area contributed by atoms with E-state index in [2.05, 4.69) is 30.0 Å². The molecular formula is C19H20F2N2O. The summed E-state index contributed by atoms with van der Waals surface area (Å²) in [6.45, 7) is 5.64. The lowest BCUT2D eigenvalue weighted by atomic mass is 10.1. The lowest BCUT2D eigenvalue weighted by molar-refractivity contribution is 0.0628. The molecule has 1 aliphatic rings. The first-order valence-electron chi connectivity index (χ1n) is 8.05. The number of hydrogen-bond acceptors (Lipinski definition) is 2. The van der Waals surface area contributed by atoms with Gasteiger partial charge >= 0.3 is 0 Å². The SMILES string of the molecule is Cc1cccc(CN2CCN(C(=O)c3ccc(F)c(F)c3)CC2)c1. The third kappa shape index (κ3) is 3.79. The molecule has 3 nitrogen and oxygen atoms in total. The smallest absolute Gasteiger partial charge is 0.254 e. The van der Waals surface area contributed by atoms with E-state index < -0.39 is 11.6 Å². The third-order valence-corrected chi connectivity index (χ3v) is 4.31. The Morgan fingerprint density at radius 2 is 1.75 bits per heavy atom. The van der Waals surface area contributed by atoms with Crippen molar-refractivity contribution in [2.75, 3.05) is 26.2 Å². The Kier molecular flexibility index (Phi) is 4.90. The molecule has 0 bridgehead atoms. The van der Waals surface area contributed by atoms with E-state index in [4.69, 9.17) is 0 Å². The first-order chi connectivity index (χ1) is 11.5. The summed E-state index contributed by atoms with van der Waals surface area (Å²) in [4.78, 5) is 16.4. The van der Waals surface area contributed by atoms with Gasteiger partial charge in [0.1, 0.15) is 0 Å². The normalized spacial score (nSPS) is 15.5. The van der Waals surface area contributed by atoms with Crippen LogP contribution < -0.4 is 0 Å². The molecule has 2 aromatic rings. The minimum atomic E-state index is -0.987. The van der Waals surface area contributed by atoms with Crippen molar-refractivity contribution in [2.24, 2.45) is 0 Å². The van der Waals surface area contributed by atoms with Crippen LogP contribution in [0.1, 0.15) is 21.5 Å². The summed E-state index contributed by atoms with van der Waals surface area (Å²) < 4.78 is 26.3. The number of aryl methyl sites for hydroxylation is 1. The van der Waals surface area contributed by atoms with E-state index in [1.165, 1.54) is 17.2 Å². The maximum absolute atomic E-state index is 13.3. The van der Waals surface area contributed by atoms with E-state index in [1.807, 2.05) is 6.07 Å². The fraction of sp³-hybridized carbons (Fsp3) is 0.316. The highest BCUT2D eigenvalue weighted by Gasteiger charge is 2.22. The second kappa shape index (κ2) is 7.09. The van der Waals surface area contributed by atoms with Gasteiger partial charge in [0.15, 0.2) is 11.6 Å². The molecule has 0 unspecified atom stereocenters. The molecule has 3 rings (SSSR count). The molecule has 0 aromatic heterocycles. The monoisotopic (exact) mass is 330 g/mol. The zero-order valence-corrected chi connectivity index (χ0v) is 13.6. The van der Waals surface area contributed by atoms with Gasteiger partial charge < -0.3 is 4.90 Å². The number of amides is 1. The maximum Gasteiger partial charge on any atom is 0.254 e. The highest BCUT2D eigenvalue weighted by atomic mass is 19.2. The molecule has 0 saturated carbocycles. The van der Waals surface area contributed by atoms with Gasteiger partial charge in [0.05, 0.1) is 0 Å². The number of rotatable bonds is 3. The number of piperazine rings is 1. The summed E-state index contributed by atoms with van der Waals surface area (Å²) in [5.74, 6) is -2.17. The predicted octanol–water partition coefficient (Wildman–Crippen LogP) is 3.23. The number of nitrogens with zero attached hydrogens (tertiary/aromatic N) is 2. The molecule has 1 fully saturated rings. The topological polar surface area (TPSA) is 23.6 Å². The lowest BCUT2D eigenvalue weighted by Crippen LogP contribution is -2.48. The van der Waals surface area contributed by atoms with Crippen LogP contribution in [-0.4, -0.2) is 41.9 Å². The number of halogens is 2. The average molecular weight is 330 g/mol. The van der Waals surface area contributed by atoms with Gasteiger partial charge in [-0.25, -0.2) is 8.78 Å². The number of hydrogen-bond donors (Lipinski definition) is 0. The predicted molar refractivity (Wildman–Crippen MR) is 88.7 cm³/mol. The van der Waals surface area contributed by atoms with Crippen LogP contribution >= 0.6 is 0 Å². The summed E-state index contributed by atoms with van der Waals surface area (Å²) in [7, 11) is 0. The van der Waals surface area contributed by atoms with E-state index in [1.54, 1.807) is 4.90 Å². The van der Waals surface area contributed by atoms with E-state index in [0.717, 1.165) is 31.8 Å². The van der Waals surface area contributed by atoms with E-state index in [0.29, 0.717) is 13.1 Å². The van der Waals surface area contributed by atoms with E-state index in [9.17, 15) is 13.6 Å².